The molecule has 5 heterocycles. The summed E-state index contributed by atoms with van der Waals surface area (Å²) in [4.78, 5) is 54.6. The number of anilines is 2. The van der Waals surface area contributed by atoms with Gasteiger partial charge in [-0.1, -0.05) is 43.9 Å². The number of pyridine rings is 1. The van der Waals surface area contributed by atoms with Crippen molar-refractivity contribution in [3.8, 4) is 11.8 Å². The Balaban J connectivity index is 0.832. The third-order valence-electron chi connectivity index (χ3n) is 9.50. The number of carbonyl (C=O) groups is 4. The van der Waals surface area contributed by atoms with Crippen LogP contribution in [-0.2, 0) is 16.1 Å². The number of amides is 5. The van der Waals surface area contributed by atoms with Gasteiger partial charge in [0.05, 0.1) is 23.5 Å². The van der Waals surface area contributed by atoms with E-state index in [1.165, 1.54) is 11.3 Å². The molecule has 1 saturated heterocycles. The minimum absolute atomic E-state index is 0.0294. The van der Waals surface area contributed by atoms with Gasteiger partial charge in [0.25, 0.3) is 5.91 Å². The molecule has 0 bridgehead atoms. The van der Waals surface area contributed by atoms with E-state index in [0.29, 0.717) is 35.8 Å². The minimum Gasteiger partial charge on any atom is -0.446 e. The van der Waals surface area contributed by atoms with Crippen molar-refractivity contribution in [2.45, 2.75) is 116 Å². The number of urea groups is 1. The number of nitrogens with one attached hydrogen (secondary N) is 4. The molecule has 2 fully saturated rings. The van der Waals surface area contributed by atoms with Crippen LogP contribution in [0, 0.1) is 11.8 Å². The van der Waals surface area contributed by atoms with Crippen LogP contribution in [0.2, 0.25) is 0 Å². The average Bonchev–Trinajstić information content (AvgIpc) is 3.95. The van der Waals surface area contributed by atoms with Gasteiger partial charge in [0.15, 0.2) is 11.5 Å². The van der Waals surface area contributed by atoms with Gasteiger partial charge in [-0.3, -0.25) is 34.0 Å². The molecule has 1 aliphatic heterocycles. The second-order valence-corrected chi connectivity index (χ2v) is 14.0. The SMILES string of the molecule is CC(C)NC(=O)O[C@@H]1CC[C@H](c2cc(NC(=O)c3cnn(CCCCCCCCCC#Cc4cccn5c(N6CCC(=O)NC6=O)cnc45)c3)n[nH]2)C1. The number of aromatic amines is 1. The molecule has 0 unspecified atom stereocenters. The Hall–Kier alpha value is -5.65. The summed E-state index contributed by atoms with van der Waals surface area (Å²) in [6.45, 7) is 4.86. The number of H-pyrrole nitrogens is 1. The molecule has 15 heteroatoms. The van der Waals surface area contributed by atoms with Crippen molar-refractivity contribution in [1.82, 2.24) is 40.0 Å². The lowest BCUT2D eigenvalue weighted by Crippen LogP contribution is -2.50. The van der Waals surface area contributed by atoms with E-state index < -0.39 is 6.03 Å². The third kappa shape index (κ3) is 10.0. The van der Waals surface area contributed by atoms with Crippen LogP contribution in [0.1, 0.15) is 118 Å². The smallest absolute Gasteiger partial charge is 0.407 e. The first-order valence-electron chi connectivity index (χ1n) is 18.7. The normalized spacial score (nSPS) is 17.2. The van der Waals surface area contributed by atoms with E-state index in [1.807, 2.05) is 47.3 Å². The topological polar surface area (TPSA) is 181 Å². The fraction of sp³-hybridized carbons (Fsp3) is 0.500. The molecule has 280 valence electrons. The van der Waals surface area contributed by atoms with Crippen LogP contribution >= 0.6 is 0 Å². The zero-order valence-corrected chi connectivity index (χ0v) is 30.4. The van der Waals surface area contributed by atoms with Crippen LogP contribution in [0.5, 0.6) is 0 Å². The van der Waals surface area contributed by atoms with E-state index in [9.17, 15) is 19.2 Å². The molecule has 1 saturated carbocycles. The van der Waals surface area contributed by atoms with Gasteiger partial charge < -0.3 is 15.4 Å². The Bertz CT molecular complexity index is 1970. The Kier molecular flexibility index (Phi) is 12.4. The Labute approximate surface area is 308 Å². The quantitative estimate of drug-likeness (QED) is 0.0865. The number of hydrogen-bond donors (Lipinski definition) is 4. The van der Waals surface area contributed by atoms with E-state index in [4.69, 9.17) is 4.74 Å². The maximum atomic E-state index is 12.8. The fourth-order valence-electron chi connectivity index (χ4n) is 6.76. The highest BCUT2D eigenvalue weighted by Gasteiger charge is 2.30. The number of imidazole rings is 1. The van der Waals surface area contributed by atoms with E-state index in [2.05, 4.69) is 48.1 Å². The number of hydrogen-bond acceptors (Lipinski definition) is 8. The first-order valence-corrected chi connectivity index (χ1v) is 18.7. The summed E-state index contributed by atoms with van der Waals surface area (Å²) in [6, 6.07) is 5.25. The predicted octanol–water partition coefficient (Wildman–Crippen LogP) is 5.90. The number of carbonyl (C=O) groups excluding carboxylic acids is 4. The zero-order valence-electron chi connectivity index (χ0n) is 30.4. The van der Waals surface area contributed by atoms with E-state index in [-0.39, 0.29) is 42.4 Å². The number of unbranched alkanes of at least 4 members (excludes halogenated alkanes) is 7. The summed E-state index contributed by atoms with van der Waals surface area (Å²) in [5, 5.41) is 19.6. The van der Waals surface area contributed by atoms with Crippen LogP contribution < -0.4 is 20.9 Å². The molecule has 5 amide bonds. The molecule has 4 aromatic rings. The molecule has 6 rings (SSSR count). The number of aromatic nitrogens is 6. The summed E-state index contributed by atoms with van der Waals surface area (Å²) < 4.78 is 9.18. The van der Waals surface area contributed by atoms with Gasteiger partial charge in [-0.25, -0.2) is 14.6 Å². The lowest BCUT2D eigenvalue weighted by molar-refractivity contribution is -0.120. The largest absolute Gasteiger partial charge is 0.446 e. The highest BCUT2D eigenvalue weighted by molar-refractivity contribution is 6.05. The third-order valence-corrected chi connectivity index (χ3v) is 9.50. The van der Waals surface area contributed by atoms with Gasteiger partial charge in [-0.05, 0) is 58.1 Å². The predicted molar refractivity (Wildman–Crippen MR) is 198 cm³/mol. The summed E-state index contributed by atoms with van der Waals surface area (Å²) in [5.41, 5.74) is 2.90. The molecule has 53 heavy (non-hydrogen) atoms. The Morgan fingerprint density at radius 2 is 1.89 bits per heavy atom. The van der Waals surface area contributed by atoms with Crippen LogP contribution in [0.4, 0.5) is 21.2 Å². The molecular weight excluding hydrogens is 676 g/mol. The van der Waals surface area contributed by atoms with Gasteiger partial charge in [0.2, 0.25) is 5.91 Å². The maximum absolute atomic E-state index is 12.8. The number of rotatable bonds is 15. The van der Waals surface area contributed by atoms with Gasteiger partial charge >= 0.3 is 12.1 Å². The number of nitrogens with zero attached hydrogens (tertiary/aromatic N) is 6. The standard InChI is InChI=1S/C38H48N10O5/c1-26(2)41-38(52)53-30-16-15-28(21-30)31-22-32(45-44-31)42-36(50)29-23-40-46(25-29)18-11-9-7-5-3-4-6-8-10-13-27-14-12-19-47-34(24-39-35(27)47)48-20-17-33(49)43-37(48)51/h12,14,19,22-26,28,30H,3-9,11,15-18,20-21H2,1-2H3,(H,41,52)(H,43,49,51)(H2,42,44,45,50)/t28-,30+/m0/s1. The van der Waals surface area contributed by atoms with Crippen molar-refractivity contribution < 1.29 is 23.9 Å². The fourth-order valence-corrected chi connectivity index (χ4v) is 6.76. The molecule has 2 aliphatic rings. The second-order valence-electron chi connectivity index (χ2n) is 14.0. The zero-order chi connectivity index (χ0) is 37.2. The molecule has 15 nitrogen and oxygen atoms in total. The molecule has 0 aromatic carbocycles. The van der Waals surface area contributed by atoms with Crippen LogP contribution in [0.3, 0.4) is 0 Å². The lowest BCUT2D eigenvalue weighted by Gasteiger charge is -2.25. The lowest BCUT2D eigenvalue weighted by atomic mass is 10.0. The summed E-state index contributed by atoms with van der Waals surface area (Å²) >= 11 is 0. The van der Waals surface area contributed by atoms with Gasteiger partial charge in [-0.2, -0.15) is 10.2 Å². The van der Waals surface area contributed by atoms with Crippen molar-refractivity contribution in [3.63, 3.8) is 0 Å². The molecule has 1 aliphatic carbocycles. The van der Waals surface area contributed by atoms with Crippen molar-refractivity contribution in [3.05, 3.63) is 59.8 Å². The number of ether oxygens (including phenoxy) is 1. The molecule has 0 spiro atoms. The first kappa shape index (κ1) is 37.1. The molecule has 4 aromatic heterocycles. The Morgan fingerprint density at radius 3 is 2.70 bits per heavy atom. The number of imide groups is 1. The summed E-state index contributed by atoms with van der Waals surface area (Å²) in [5.74, 6) is 7.25. The van der Waals surface area contributed by atoms with Crippen molar-refractivity contribution in [1.29, 1.82) is 0 Å². The molecule has 0 radical (unpaired) electrons. The van der Waals surface area contributed by atoms with Gasteiger partial charge in [-0.15, -0.1) is 0 Å². The van der Waals surface area contributed by atoms with E-state index in [1.54, 1.807) is 18.6 Å². The van der Waals surface area contributed by atoms with Crippen molar-refractivity contribution >= 4 is 41.2 Å². The highest BCUT2D eigenvalue weighted by Crippen LogP contribution is 2.36. The maximum Gasteiger partial charge on any atom is 0.407 e. The number of alkyl carbamates (subject to hydrolysis) is 1. The summed E-state index contributed by atoms with van der Waals surface area (Å²) in [7, 11) is 0. The van der Waals surface area contributed by atoms with Crippen LogP contribution in [0.25, 0.3) is 5.65 Å². The van der Waals surface area contributed by atoms with E-state index in [0.717, 1.165) is 75.6 Å². The van der Waals surface area contributed by atoms with E-state index >= 15 is 0 Å². The van der Waals surface area contributed by atoms with Crippen LogP contribution in [-0.4, -0.2) is 72.0 Å². The minimum atomic E-state index is -0.438. The Morgan fingerprint density at radius 1 is 1.08 bits per heavy atom. The van der Waals surface area contributed by atoms with Crippen molar-refractivity contribution in [2.75, 3.05) is 16.8 Å². The second kappa shape index (κ2) is 17.7. The first-order chi connectivity index (χ1) is 25.7. The molecule has 4 N–H and O–H groups in total. The summed E-state index contributed by atoms with van der Waals surface area (Å²) in [6.07, 6.45) is 17.5. The van der Waals surface area contributed by atoms with Crippen molar-refractivity contribution in [2.24, 2.45) is 0 Å². The van der Waals surface area contributed by atoms with Gasteiger partial charge in [0, 0.05) is 62.0 Å². The highest BCUT2D eigenvalue weighted by atomic mass is 16.6. The average molecular weight is 725 g/mol. The van der Waals surface area contributed by atoms with Crippen LogP contribution in [0.15, 0.2) is 43.0 Å². The molecular formula is C38H48N10O5. The van der Waals surface area contributed by atoms with Gasteiger partial charge in [0.1, 0.15) is 11.9 Å². The number of aryl methyl sites for hydroxylation is 1. The number of fused-ring (bicyclic) bond motifs is 1. The monoisotopic (exact) mass is 724 g/mol. The molecule has 2 atom stereocenters.